The minimum Gasteiger partial charge on any atom is -0.494 e. The fraction of sp³-hybridized carbons (Fsp3) is 0.190. The number of hydrogen-bond donors (Lipinski definition) is 0. The largest absolute Gasteiger partial charge is 0.494 e. The van der Waals surface area contributed by atoms with Crippen LogP contribution in [0.5, 0.6) is 17.2 Å². The molecule has 1 aliphatic carbocycles. The molecule has 0 fully saturated rings. The zero-order valence-electron chi connectivity index (χ0n) is 48.2. The van der Waals surface area contributed by atoms with Crippen LogP contribution in [0.4, 0.5) is 17.1 Å². The summed E-state index contributed by atoms with van der Waals surface area (Å²) in [4.78, 5) is 2.43. The summed E-state index contributed by atoms with van der Waals surface area (Å²) < 4.78 is 20.9. The molecule has 0 amide bonds. The van der Waals surface area contributed by atoms with Gasteiger partial charge in [0.2, 0.25) is 0 Å². The molecule has 10 aromatic carbocycles. The van der Waals surface area contributed by atoms with Crippen molar-refractivity contribution in [3.63, 3.8) is 0 Å². The van der Waals surface area contributed by atoms with Crippen molar-refractivity contribution in [2.75, 3.05) is 24.7 Å². The van der Waals surface area contributed by atoms with E-state index in [-0.39, 0.29) is 5.41 Å². The van der Waals surface area contributed by atoms with Crippen molar-refractivity contribution in [1.29, 1.82) is 0 Å². The fourth-order valence-corrected chi connectivity index (χ4v) is 12.6. The van der Waals surface area contributed by atoms with Crippen molar-refractivity contribution < 1.29 is 14.2 Å². The second-order valence-corrected chi connectivity index (χ2v) is 22.2. The molecule has 84 heavy (non-hydrogen) atoms. The van der Waals surface area contributed by atoms with Gasteiger partial charge in [0.1, 0.15) is 17.2 Å². The highest BCUT2D eigenvalue weighted by Gasteiger charge is 2.44. The summed E-state index contributed by atoms with van der Waals surface area (Å²) in [6, 6.07) is 88.1. The number of benzene rings is 10. The van der Waals surface area contributed by atoms with Crippen LogP contribution in [0.2, 0.25) is 0 Å². The smallest absolute Gasteiger partial charge is 0.120 e. The monoisotopic (exact) mass is 1100 g/mol. The fourth-order valence-electron chi connectivity index (χ4n) is 12.6. The average molecular weight is 1100 g/mol. The van der Waals surface area contributed by atoms with Crippen LogP contribution in [0, 0.1) is 0 Å². The number of fused-ring (bicyclic) bond motifs is 6. The Bertz CT molecular complexity index is 3960. The van der Waals surface area contributed by atoms with Gasteiger partial charge in [0, 0.05) is 38.9 Å². The Labute approximate surface area is 496 Å². The average Bonchev–Trinajstić information content (AvgIpc) is 1.79. The van der Waals surface area contributed by atoms with E-state index in [1.807, 2.05) is 48.6 Å². The van der Waals surface area contributed by atoms with Gasteiger partial charge in [-0.15, -0.1) is 0 Å². The maximum absolute atomic E-state index is 6.47. The Hall–Kier alpha value is -9.32. The number of aromatic nitrogens is 1. The molecule has 1 heterocycles. The second kappa shape index (κ2) is 26.3. The van der Waals surface area contributed by atoms with Crippen molar-refractivity contribution in [3.05, 3.63) is 284 Å². The second-order valence-electron chi connectivity index (χ2n) is 22.2. The predicted molar refractivity (Wildman–Crippen MR) is 353 cm³/mol. The van der Waals surface area contributed by atoms with E-state index in [4.69, 9.17) is 14.2 Å². The van der Waals surface area contributed by atoms with Crippen LogP contribution in [0.1, 0.15) is 98.4 Å². The SMILES string of the molecule is C=Cc1ccc(OCCCCCCCCC2(c3ccccc3)c3ccccc3-c3ccc(N(c4ccccc4)c4ccc(-c5ccc6c(c5)c5cc(OCCCCCCOc7ccc(C=C)cc7)ccc5n6-c5ccccc5)cc4)cc32)cc1. The van der Waals surface area contributed by atoms with Crippen LogP contribution in [0.25, 0.3) is 61.9 Å². The number of ether oxygens (including phenoxy) is 3. The van der Waals surface area contributed by atoms with E-state index in [2.05, 4.69) is 229 Å². The van der Waals surface area contributed by atoms with Gasteiger partial charge in [-0.25, -0.2) is 0 Å². The van der Waals surface area contributed by atoms with E-state index in [9.17, 15) is 0 Å². The maximum atomic E-state index is 6.47. The van der Waals surface area contributed by atoms with Crippen molar-refractivity contribution in [1.82, 2.24) is 4.57 Å². The van der Waals surface area contributed by atoms with E-state index < -0.39 is 0 Å². The Morgan fingerprint density at radius 1 is 0.369 bits per heavy atom. The molecule has 1 unspecified atom stereocenters. The molecule has 1 aliphatic rings. The summed E-state index contributed by atoms with van der Waals surface area (Å²) >= 11 is 0. The topological polar surface area (TPSA) is 35.9 Å². The molecule has 5 nitrogen and oxygen atoms in total. The third-order valence-electron chi connectivity index (χ3n) is 16.9. The molecule has 418 valence electrons. The summed E-state index contributed by atoms with van der Waals surface area (Å²) in [5.74, 6) is 2.72. The maximum Gasteiger partial charge on any atom is 0.120 e. The van der Waals surface area contributed by atoms with Gasteiger partial charge in [0.05, 0.1) is 30.9 Å². The molecule has 1 aromatic heterocycles. The molecule has 0 saturated heterocycles. The summed E-state index contributed by atoms with van der Waals surface area (Å²) in [5, 5.41) is 2.37. The normalized spacial score (nSPS) is 13.3. The number of hydrogen-bond acceptors (Lipinski definition) is 4. The molecular formula is C79H74N2O3. The van der Waals surface area contributed by atoms with Crippen LogP contribution >= 0.6 is 0 Å². The molecule has 0 aliphatic heterocycles. The van der Waals surface area contributed by atoms with Crippen LogP contribution in [-0.2, 0) is 5.41 Å². The van der Waals surface area contributed by atoms with E-state index in [0.29, 0.717) is 13.2 Å². The first-order valence-electron chi connectivity index (χ1n) is 30.3. The van der Waals surface area contributed by atoms with Gasteiger partial charge < -0.3 is 23.7 Å². The highest BCUT2D eigenvalue weighted by Crippen LogP contribution is 2.56. The highest BCUT2D eigenvalue weighted by molar-refractivity contribution is 6.11. The first kappa shape index (κ1) is 55.2. The first-order valence-corrected chi connectivity index (χ1v) is 30.3. The lowest BCUT2D eigenvalue weighted by Gasteiger charge is -2.34. The minimum atomic E-state index is -0.296. The summed E-state index contributed by atoms with van der Waals surface area (Å²) in [5.41, 5.74) is 17.8. The van der Waals surface area contributed by atoms with Gasteiger partial charge >= 0.3 is 0 Å². The van der Waals surface area contributed by atoms with Crippen molar-refractivity contribution >= 4 is 51.0 Å². The Morgan fingerprint density at radius 2 is 0.845 bits per heavy atom. The van der Waals surface area contributed by atoms with E-state index >= 15 is 0 Å². The third-order valence-corrected chi connectivity index (χ3v) is 16.9. The number of anilines is 3. The minimum absolute atomic E-state index is 0.296. The summed E-state index contributed by atoms with van der Waals surface area (Å²) in [7, 11) is 0. The van der Waals surface area contributed by atoms with Gasteiger partial charge in [0.15, 0.2) is 0 Å². The molecule has 1 atom stereocenters. The number of nitrogens with zero attached hydrogens (tertiary/aromatic N) is 2. The van der Waals surface area contributed by atoms with Crippen LogP contribution in [-0.4, -0.2) is 24.4 Å². The van der Waals surface area contributed by atoms with E-state index in [0.717, 1.165) is 119 Å². The molecule has 0 spiro atoms. The lowest BCUT2D eigenvalue weighted by molar-refractivity contribution is 0.288. The zero-order valence-corrected chi connectivity index (χ0v) is 48.2. The Balaban J connectivity index is 0.785. The van der Waals surface area contributed by atoms with Crippen molar-refractivity contribution in [3.8, 4) is 45.2 Å². The molecular weight excluding hydrogens is 1020 g/mol. The predicted octanol–water partition coefficient (Wildman–Crippen LogP) is 21.3. The van der Waals surface area contributed by atoms with Gasteiger partial charge in [0.25, 0.3) is 0 Å². The highest BCUT2D eigenvalue weighted by atomic mass is 16.5. The van der Waals surface area contributed by atoms with Crippen molar-refractivity contribution in [2.45, 2.75) is 76.0 Å². The molecule has 5 heteroatoms. The third kappa shape index (κ3) is 12.0. The Morgan fingerprint density at radius 3 is 1.48 bits per heavy atom. The van der Waals surface area contributed by atoms with Gasteiger partial charge in [-0.3, -0.25) is 0 Å². The molecule has 0 N–H and O–H groups in total. The van der Waals surface area contributed by atoms with Crippen LogP contribution in [0.3, 0.4) is 0 Å². The lowest BCUT2D eigenvalue weighted by atomic mass is 9.69. The van der Waals surface area contributed by atoms with E-state index in [1.54, 1.807) is 0 Å². The van der Waals surface area contributed by atoms with Gasteiger partial charge in [-0.05, 0) is 192 Å². The van der Waals surface area contributed by atoms with Gasteiger partial charge in [-0.2, -0.15) is 0 Å². The molecule has 11 aromatic rings. The molecule has 0 radical (unpaired) electrons. The van der Waals surface area contributed by atoms with E-state index in [1.165, 1.54) is 69.8 Å². The zero-order chi connectivity index (χ0) is 56.9. The summed E-state index contributed by atoms with van der Waals surface area (Å²) in [6.45, 7) is 9.83. The number of rotatable bonds is 27. The standard InChI is InChI=1S/C79H74N2O3/c1-3-59-34-44-68(45-35-59)82-53-23-8-6-5-7-22-52-79(63-26-14-11-15-27-63)75-33-21-20-32-71(75)72-49-43-67(57-76(72)79)80(64-28-16-12-17-29-64)66-41-38-61(39-42-66)62-40-50-77-73(56-62)74-58-70(48-51-78(74)81(77)65-30-18-13-19-31-65)84-55-25-10-9-24-54-83-69-46-36-60(4-2)37-47-69/h3-4,11-21,26-51,56-58H,1-2,5-10,22-25,52-55H2. The molecule has 0 saturated carbocycles. The van der Waals surface area contributed by atoms with Crippen molar-refractivity contribution in [2.24, 2.45) is 0 Å². The van der Waals surface area contributed by atoms with Crippen LogP contribution < -0.4 is 19.1 Å². The lowest BCUT2D eigenvalue weighted by Crippen LogP contribution is -2.27. The first-order chi connectivity index (χ1) is 41.6. The number of unbranched alkanes of at least 4 members (excludes halogenated alkanes) is 8. The Kier molecular flexibility index (Phi) is 17.3. The quantitative estimate of drug-likeness (QED) is 0.0481. The molecule has 0 bridgehead atoms. The summed E-state index contributed by atoms with van der Waals surface area (Å²) in [6.07, 6.45) is 15.9. The number of para-hydroxylation sites is 2. The van der Waals surface area contributed by atoms with Crippen LogP contribution in [0.15, 0.2) is 256 Å². The molecule has 12 rings (SSSR count). The van der Waals surface area contributed by atoms with Gasteiger partial charge in [-0.1, -0.05) is 197 Å².